The van der Waals surface area contributed by atoms with Crippen molar-refractivity contribution in [2.45, 2.75) is 31.7 Å². The Morgan fingerprint density at radius 3 is 2.40 bits per heavy atom. The summed E-state index contributed by atoms with van der Waals surface area (Å²) in [6.07, 6.45) is 0.703. The number of sulfonamides is 1. The molecule has 0 atom stereocenters. The summed E-state index contributed by atoms with van der Waals surface area (Å²) in [5.41, 5.74) is 7.16. The van der Waals surface area contributed by atoms with Crippen molar-refractivity contribution in [2.75, 3.05) is 32.0 Å². The lowest BCUT2D eigenvalue weighted by Crippen LogP contribution is -2.30. The Kier molecular flexibility index (Phi) is 6.61. The van der Waals surface area contributed by atoms with Crippen LogP contribution in [0.25, 0.3) is 0 Å². The van der Waals surface area contributed by atoms with Gasteiger partial charge in [0, 0.05) is 36.6 Å². The first-order valence-corrected chi connectivity index (χ1v) is 12.0. The average Bonchev–Trinajstić information content (AvgIpc) is 3.05. The Hall–Kier alpha value is -2.27. The average molecular weight is 451 g/mol. The summed E-state index contributed by atoms with van der Waals surface area (Å²) in [7, 11) is -1.59. The standard InChI is InChI=1S/C20H26N4O4S2/c1-4-24(5-2)30(27,28)14-8-6-13(7-9-14)19(26)22-20-17(18(21)25)15-10-11-23(3)12-16(15)29-20/h6-9H,4-5,10-12H2,1-3H3,(H2,21,25)(H,22,26). The van der Waals surface area contributed by atoms with Gasteiger partial charge in [0.15, 0.2) is 0 Å². The number of hydrogen-bond donors (Lipinski definition) is 2. The molecular formula is C20H26N4O4S2. The zero-order valence-corrected chi connectivity index (χ0v) is 18.9. The number of amides is 2. The molecule has 0 saturated carbocycles. The van der Waals surface area contributed by atoms with Crippen LogP contribution in [0.2, 0.25) is 0 Å². The highest BCUT2D eigenvalue weighted by molar-refractivity contribution is 7.89. The van der Waals surface area contributed by atoms with Crippen LogP contribution in [0.5, 0.6) is 0 Å². The van der Waals surface area contributed by atoms with Crippen LogP contribution in [0.15, 0.2) is 29.2 Å². The summed E-state index contributed by atoms with van der Waals surface area (Å²) in [4.78, 5) is 28.1. The molecule has 1 aliphatic heterocycles. The number of benzene rings is 1. The number of nitrogens with zero attached hydrogens (tertiary/aromatic N) is 2. The maximum Gasteiger partial charge on any atom is 0.256 e. The molecule has 3 N–H and O–H groups in total. The molecule has 30 heavy (non-hydrogen) atoms. The molecule has 162 valence electrons. The Balaban J connectivity index is 1.85. The second-order valence-electron chi connectivity index (χ2n) is 7.13. The molecule has 0 unspecified atom stereocenters. The molecule has 0 bridgehead atoms. The molecule has 2 aromatic rings. The number of fused-ring (bicyclic) bond motifs is 1. The van der Waals surface area contributed by atoms with E-state index in [1.165, 1.54) is 39.9 Å². The summed E-state index contributed by atoms with van der Waals surface area (Å²) in [5, 5.41) is 3.22. The normalized spacial score (nSPS) is 14.5. The number of likely N-dealkylation sites (N-methyl/N-ethyl adjacent to an activating group) is 1. The summed E-state index contributed by atoms with van der Waals surface area (Å²) < 4.78 is 26.5. The van der Waals surface area contributed by atoms with Gasteiger partial charge >= 0.3 is 0 Å². The van der Waals surface area contributed by atoms with Crippen molar-refractivity contribution in [3.05, 3.63) is 45.8 Å². The molecule has 1 aromatic carbocycles. The quantitative estimate of drug-likeness (QED) is 0.671. The lowest BCUT2D eigenvalue weighted by Gasteiger charge is -2.22. The summed E-state index contributed by atoms with van der Waals surface area (Å²) in [5.74, 6) is -0.982. The largest absolute Gasteiger partial charge is 0.365 e. The predicted molar refractivity (Wildman–Crippen MR) is 117 cm³/mol. The number of carbonyl (C=O) groups excluding carboxylic acids is 2. The third-order valence-electron chi connectivity index (χ3n) is 5.18. The topological polar surface area (TPSA) is 113 Å². The van der Waals surface area contributed by atoms with Gasteiger partial charge in [0.25, 0.3) is 11.8 Å². The summed E-state index contributed by atoms with van der Waals surface area (Å²) >= 11 is 1.36. The third kappa shape index (κ3) is 4.27. The van der Waals surface area contributed by atoms with Crippen LogP contribution in [0.1, 0.15) is 45.0 Å². The van der Waals surface area contributed by atoms with E-state index in [1.54, 1.807) is 13.8 Å². The zero-order chi connectivity index (χ0) is 22.1. The first kappa shape index (κ1) is 22.4. The minimum absolute atomic E-state index is 0.134. The van der Waals surface area contributed by atoms with Crippen molar-refractivity contribution in [3.63, 3.8) is 0 Å². The molecule has 10 heteroatoms. The van der Waals surface area contributed by atoms with Gasteiger partial charge in [-0.15, -0.1) is 11.3 Å². The molecule has 1 aliphatic rings. The fourth-order valence-electron chi connectivity index (χ4n) is 3.55. The van der Waals surface area contributed by atoms with E-state index < -0.39 is 21.8 Å². The minimum atomic E-state index is -3.59. The van der Waals surface area contributed by atoms with E-state index in [2.05, 4.69) is 10.2 Å². The molecule has 0 spiro atoms. The van der Waals surface area contributed by atoms with Crippen LogP contribution in [0.4, 0.5) is 5.00 Å². The highest BCUT2D eigenvalue weighted by atomic mass is 32.2. The van der Waals surface area contributed by atoms with Gasteiger partial charge in [0.2, 0.25) is 10.0 Å². The zero-order valence-electron chi connectivity index (χ0n) is 17.3. The maximum absolute atomic E-state index is 12.7. The monoisotopic (exact) mass is 450 g/mol. The fourth-order valence-corrected chi connectivity index (χ4v) is 6.33. The van der Waals surface area contributed by atoms with E-state index in [4.69, 9.17) is 5.73 Å². The van der Waals surface area contributed by atoms with Crippen LogP contribution < -0.4 is 11.1 Å². The van der Waals surface area contributed by atoms with Gasteiger partial charge in [0.05, 0.1) is 10.5 Å². The van der Waals surface area contributed by atoms with Crippen molar-refractivity contribution in [1.29, 1.82) is 0 Å². The number of rotatable bonds is 7. The summed E-state index contributed by atoms with van der Waals surface area (Å²) in [6, 6.07) is 5.78. The molecule has 0 aliphatic carbocycles. The Labute approximate surface area is 180 Å². The van der Waals surface area contributed by atoms with E-state index >= 15 is 0 Å². The molecule has 3 rings (SSSR count). The second-order valence-corrected chi connectivity index (χ2v) is 10.2. The first-order chi connectivity index (χ1) is 14.2. The fraction of sp³-hybridized carbons (Fsp3) is 0.400. The number of nitrogens with two attached hydrogens (primary N) is 1. The maximum atomic E-state index is 12.7. The van der Waals surface area contributed by atoms with E-state index in [1.807, 2.05) is 7.05 Å². The van der Waals surface area contributed by atoms with Gasteiger partial charge in [0.1, 0.15) is 5.00 Å². The lowest BCUT2D eigenvalue weighted by atomic mass is 10.0. The van der Waals surface area contributed by atoms with E-state index in [0.29, 0.717) is 42.2 Å². The van der Waals surface area contributed by atoms with Crippen LogP contribution in [0, 0.1) is 0 Å². The smallest absolute Gasteiger partial charge is 0.256 e. The van der Waals surface area contributed by atoms with Gasteiger partial charge in [-0.3, -0.25) is 9.59 Å². The van der Waals surface area contributed by atoms with Crippen molar-refractivity contribution in [1.82, 2.24) is 9.21 Å². The number of carbonyl (C=O) groups is 2. The molecular weight excluding hydrogens is 424 g/mol. The van der Waals surface area contributed by atoms with Crippen molar-refractivity contribution in [3.8, 4) is 0 Å². The van der Waals surface area contributed by atoms with E-state index in [9.17, 15) is 18.0 Å². The Morgan fingerprint density at radius 2 is 1.83 bits per heavy atom. The van der Waals surface area contributed by atoms with Crippen molar-refractivity contribution < 1.29 is 18.0 Å². The number of nitrogens with one attached hydrogen (secondary N) is 1. The SMILES string of the molecule is CCN(CC)S(=O)(=O)c1ccc(C(=O)Nc2sc3c(c2C(N)=O)CCN(C)C3)cc1. The predicted octanol–water partition coefficient (Wildman–Crippen LogP) is 2.12. The highest BCUT2D eigenvalue weighted by Gasteiger charge is 2.27. The van der Waals surface area contributed by atoms with Gasteiger partial charge < -0.3 is 16.0 Å². The van der Waals surface area contributed by atoms with Crippen molar-refractivity contribution in [2.24, 2.45) is 5.73 Å². The number of anilines is 1. The Bertz CT molecular complexity index is 1060. The lowest BCUT2D eigenvalue weighted by molar-refractivity contribution is 0.1000. The molecule has 0 radical (unpaired) electrons. The minimum Gasteiger partial charge on any atom is -0.365 e. The van der Waals surface area contributed by atoms with Crippen LogP contribution in [-0.4, -0.2) is 56.1 Å². The van der Waals surface area contributed by atoms with E-state index in [-0.39, 0.29) is 4.90 Å². The second kappa shape index (κ2) is 8.84. The molecule has 0 saturated heterocycles. The third-order valence-corrected chi connectivity index (χ3v) is 8.38. The number of hydrogen-bond acceptors (Lipinski definition) is 6. The molecule has 1 aromatic heterocycles. The molecule has 2 heterocycles. The van der Waals surface area contributed by atoms with Gasteiger partial charge in [-0.1, -0.05) is 13.8 Å². The first-order valence-electron chi connectivity index (χ1n) is 9.73. The highest BCUT2D eigenvalue weighted by Crippen LogP contribution is 2.36. The molecule has 0 fully saturated rings. The van der Waals surface area contributed by atoms with E-state index in [0.717, 1.165) is 17.0 Å². The number of primary amides is 1. The molecule has 2 amide bonds. The van der Waals surface area contributed by atoms with Gasteiger partial charge in [-0.05, 0) is 43.3 Å². The van der Waals surface area contributed by atoms with Crippen LogP contribution >= 0.6 is 11.3 Å². The number of thiophene rings is 1. The van der Waals surface area contributed by atoms with Crippen LogP contribution in [0.3, 0.4) is 0 Å². The van der Waals surface area contributed by atoms with Crippen molar-refractivity contribution >= 4 is 38.2 Å². The van der Waals surface area contributed by atoms with Crippen LogP contribution in [-0.2, 0) is 23.0 Å². The summed E-state index contributed by atoms with van der Waals surface area (Å²) in [6.45, 7) is 5.81. The van der Waals surface area contributed by atoms with Gasteiger partial charge in [-0.2, -0.15) is 4.31 Å². The Morgan fingerprint density at radius 1 is 1.20 bits per heavy atom. The van der Waals surface area contributed by atoms with Gasteiger partial charge in [-0.25, -0.2) is 8.42 Å². The molecule has 8 nitrogen and oxygen atoms in total.